The van der Waals surface area contributed by atoms with Crippen molar-refractivity contribution in [2.75, 3.05) is 24.7 Å². The number of esters is 1. The van der Waals surface area contributed by atoms with Gasteiger partial charge in [-0.05, 0) is 40.2 Å². The highest BCUT2D eigenvalue weighted by Gasteiger charge is 2.45. The van der Waals surface area contributed by atoms with Crippen molar-refractivity contribution in [2.45, 2.75) is 45.7 Å². The molecule has 3 rings (SSSR count). The first-order valence-corrected chi connectivity index (χ1v) is 11.4. The number of nitrogens with zero attached hydrogens (tertiary/aromatic N) is 2. The Morgan fingerprint density at radius 2 is 1.93 bits per heavy atom. The lowest BCUT2D eigenvalue weighted by atomic mass is 10.1. The van der Waals surface area contributed by atoms with E-state index >= 15 is 0 Å². The van der Waals surface area contributed by atoms with Gasteiger partial charge in [-0.3, -0.25) is 19.3 Å². The smallest absolute Gasteiger partial charge is 0.326 e. The number of urea groups is 1. The molecule has 0 aromatic carbocycles. The fourth-order valence-electron chi connectivity index (χ4n) is 3.96. The summed E-state index contributed by atoms with van der Waals surface area (Å²) in [5.74, 6) is -1.71. The first-order chi connectivity index (χ1) is 13.8. The van der Waals surface area contributed by atoms with E-state index in [9.17, 15) is 27.6 Å². The van der Waals surface area contributed by atoms with E-state index in [4.69, 9.17) is 4.74 Å². The van der Waals surface area contributed by atoms with Gasteiger partial charge in [0.2, 0.25) is 5.78 Å². The molecule has 0 spiro atoms. The summed E-state index contributed by atoms with van der Waals surface area (Å²) < 4.78 is 30.4. The van der Waals surface area contributed by atoms with Crippen molar-refractivity contribution >= 4 is 33.5 Å². The molecule has 1 N–H and O–H groups in total. The Kier molecular flexibility index (Phi) is 5.52. The fourth-order valence-corrected chi connectivity index (χ4v) is 5.66. The maximum absolute atomic E-state index is 12.6. The zero-order valence-corrected chi connectivity index (χ0v) is 18.2. The van der Waals surface area contributed by atoms with Crippen LogP contribution in [0.3, 0.4) is 0 Å². The number of rotatable bonds is 6. The minimum Gasteiger partial charge on any atom is -0.456 e. The third-order valence-electron chi connectivity index (χ3n) is 5.45. The molecule has 1 aromatic heterocycles. The largest absolute Gasteiger partial charge is 0.456 e. The van der Waals surface area contributed by atoms with Crippen LogP contribution in [0.2, 0.25) is 0 Å². The average molecular weight is 439 g/mol. The second-order valence-corrected chi connectivity index (χ2v) is 10.5. The summed E-state index contributed by atoms with van der Waals surface area (Å²) in [4.78, 5) is 49.3. The van der Waals surface area contributed by atoms with E-state index in [1.165, 1.54) is 13.8 Å². The maximum atomic E-state index is 12.6. The molecular weight excluding hydrogens is 414 g/mol. The molecule has 0 bridgehead atoms. The minimum absolute atomic E-state index is 0.0360. The molecule has 3 amide bonds. The van der Waals surface area contributed by atoms with Crippen LogP contribution in [0, 0.1) is 13.8 Å². The third kappa shape index (κ3) is 4.11. The van der Waals surface area contributed by atoms with Crippen molar-refractivity contribution in [2.24, 2.45) is 0 Å². The lowest BCUT2D eigenvalue weighted by molar-refractivity contribution is -0.146. The van der Waals surface area contributed by atoms with Crippen molar-refractivity contribution in [1.82, 2.24) is 14.8 Å². The van der Waals surface area contributed by atoms with Crippen LogP contribution < -0.4 is 5.32 Å². The molecule has 11 heteroatoms. The number of hydrogen-bond acceptors (Lipinski definition) is 7. The number of nitrogens with one attached hydrogen (secondary N) is 1. The lowest BCUT2D eigenvalue weighted by Gasteiger charge is -2.16. The summed E-state index contributed by atoms with van der Waals surface area (Å²) in [5.41, 5.74) is 0.622. The number of carbonyl (C=O) groups excluding carboxylic acids is 4. The Morgan fingerprint density at radius 1 is 1.27 bits per heavy atom. The van der Waals surface area contributed by atoms with Gasteiger partial charge in [-0.1, -0.05) is 0 Å². The summed E-state index contributed by atoms with van der Waals surface area (Å²) in [5, 5.41) is 2.46. The summed E-state index contributed by atoms with van der Waals surface area (Å²) in [7, 11) is -3.08. The Bertz CT molecular complexity index is 1040. The Morgan fingerprint density at radius 3 is 2.47 bits per heavy atom. The van der Waals surface area contributed by atoms with Crippen LogP contribution >= 0.6 is 0 Å². The number of aryl methyl sites for hydroxylation is 1. The highest BCUT2D eigenvalue weighted by atomic mass is 32.2. The SMILES string of the molecule is Cc1cc(C(=O)COC(=O)CN2C(=O)NC(C)(C)C2=O)c(C)n1C1CCS(=O)(=O)C1. The Balaban J connectivity index is 1.63. The molecule has 2 aliphatic heterocycles. The summed E-state index contributed by atoms with van der Waals surface area (Å²) in [6.45, 7) is 5.43. The van der Waals surface area contributed by atoms with Crippen LogP contribution in [0.15, 0.2) is 6.07 Å². The number of Topliss-reactive ketones (excluding diaryl/α,β-unsaturated/α-hetero) is 1. The van der Waals surface area contributed by atoms with Gasteiger partial charge in [0.25, 0.3) is 5.91 Å². The molecule has 2 fully saturated rings. The number of imide groups is 1. The summed E-state index contributed by atoms with van der Waals surface area (Å²) >= 11 is 0. The van der Waals surface area contributed by atoms with Gasteiger partial charge in [-0.15, -0.1) is 0 Å². The van der Waals surface area contributed by atoms with Crippen molar-refractivity contribution in [1.29, 1.82) is 0 Å². The Hall–Kier alpha value is -2.69. The van der Waals surface area contributed by atoms with Crippen molar-refractivity contribution in [3.63, 3.8) is 0 Å². The van der Waals surface area contributed by atoms with Gasteiger partial charge in [0.15, 0.2) is 16.4 Å². The molecule has 2 aliphatic rings. The van der Waals surface area contributed by atoms with Crippen LogP contribution in [-0.2, 0) is 24.2 Å². The topological polar surface area (TPSA) is 132 Å². The summed E-state index contributed by atoms with van der Waals surface area (Å²) in [6.07, 6.45) is 0.490. The second kappa shape index (κ2) is 7.53. The molecule has 30 heavy (non-hydrogen) atoms. The van der Waals surface area contributed by atoms with Gasteiger partial charge in [0.1, 0.15) is 12.1 Å². The van der Waals surface area contributed by atoms with Gasteiger partial charge in [-0.25, -0.2) is 13.2 Å². The van der Waals surface area contributed by atoms with Gasteiger partial charge in [0.05, 0.1) is 11.5 Å². The molecule has 1 unspecified atom stereocenters. The number of carbonyl (C=O) groups is 4. The predicted octanol–water partition coefficient (Wildman–Crippen LogP) is 0.521. The monoisotopic (exact) mass is 439 g/mol. The zero-order chi connectivity index (χ0) is 22.4. The number of sulfone groups is 1. The minimum atomic E-state index is -3.08. The van der Waals surface area contributed by atoms with E-state index in [2.05, 4.69) is 5.32 Å². The molecule has 1 aromatic rings. The fraction of sp³-hybridized carbons (Fsp3) is 0.579. The molecule has 0 radical (unpaired) electrons. The average Bonchev–Trinajstić information content (AvgIpc) is 3.20. The van der Waals surface area contributed by atoms with Crippen LogP contribution in [0.4, 0.5) is 4.79 Å². The van der Waals surface area contributed by atoms with Gasteiger partial charge >= 0.3 is 12.0 Å². The van der Waals surface area contributed by atoms with E-state index in [1.54, 1.807) is 19.9 Å². The lowest BCUT2D eigenvalue weighted by Crippen LogP contribution is -2.41. The first kappa shape index (κ1) is 22.0. The molecule has 3 heterocycles. The number of aromatic nitrogens is 1. The number of ether oxygens (including phenoxy) is 1. The predicted molar refractivity (Wildman–Crippen MR) is 106 cm³/mol. The van der Waals surface area contributed by atoms with Crippen molar-refractivity contribution in [3.05, 3.63) is 23.0 Å². The van der Waals surface area contributed by atoms with Crippen molar-refractivity contribution in [3.8, 4) is 0 Å². The molecule has 1 atom stereocenters. The third-order valence-corrected chi connectivity index (χ3v) is 7.20. The molecular formula is C19H25N3O7S. The van der Waals surface area contributed by atoms with Gasteiger partial charge < -0.3 is 14.6 Å². The highest BCUT2D eigenvalue weighted by molar-refractivity contribution is 7.91. The number of hydrogen-bond donors (Lipinski definition) is 1. The molecule has 2 saturated heterocycles. The molecule has 0 saturated carbocycles. The maximum Gasteiger partial charge on any atom is 0.326 e. The first-order valence-electron chi connectivity index (χ1n) is 9.54. The standard InChI is InChI=1S/C19H25N3O7S/c1-11-7-14(12(2)22(11)13-5-6-30(27,28)10-13)15(23)9-29-16(24)8-21-17(25)19(3,4)20-18(21)26/h7,13H,5-6,8-10H2,1-4H3,(H,20,26). The molecule has 0 aliphatic carbocycles. The van der Waals surface area contributed by atoms with Crippen LogP contribution in [0.1, 0.15) is 48.1 Å². The Labute approximate surface area is 174 Å². The summed E-state index contributed by atoms with van der Waals surface area (Å²) in [6, 6.07) is 0.738. The van der Waals surface area contributed by atoms with Gasteiger partial charge in [-0.2, -0.15) is 0 Å². The van der Waals surface area contributed by atoms with Crippen LogP contribution in [0.25, 0.3) is 0 Å². The molecule has 10 nitrogen and oxygen atoms in total. The van der Waals surface area contributed by atoms with E-state index in [1.807, 2.05) is 4.57 Å². The van der Waals surface area contributed by atoms with E-state index in [0.29, 0.717) is 17.7 Å². The normalized spacial score (nSPS) is 22.3. The second-order valence-electron chi connectivity index (χ2n) is 8.24. The quantitative estimate of drug-likeness (QED) is 0.388. The van der Waals surface area contributed by atoms with E-state index < -0.39 is 52.2 Å². The number of amides is 3. The van der Waals surface area contributed by atoms with Crippen LogP contribution in [-0.4, -0.2) is 71.8 Å². The molecule has 164 valence electrons. The van der Waals surface area contributed by atoms with E-state index in [-0.39, 0.29) is 17.5 Å². The van der Waals surface area contributed by atoms with Gasteiger partial charge in [0, 0.05) is 23.0 Å². The van der Waals surface area contributed by atoms with Crippen molar-refractivity contribution < 1.29 is 32.3 Å². The zero-order valence-electron chi connectivity index (χ0n) is 17.4. The number of ketones is 1. The van der Waals surface area contributed by atoms with E-state index in [0.717, 1.165) is 10.6 Å². The highest BCUT2D eigenvalue weighted by Crippen LogP contribution is 2.29. The van der Waals surface area contributed by atoms with Crippen LogP contribution in [0.5, 0.6) is 0 Å².